The van der Waals surface area contributed by atoms with Gasteiger partial charge in [-0.25, -0.2) is 0 Å². The molecule has 0 spiro atoms. The van der Waals surface area contributed by atoms with Gasteiger partial charge in [-0.05, 0) is 42.0 Å². The van der Waals surface area contributed by atoms with Gasteiger partial charge in [0, 0.05) is 0 Å². The third-order valence-corrected chi connectivity index (χ3v) is 3.10. The highest BCUT2D eigenvalue weighted by molar-refractivity contribution is 5.80. The van der Waals surface area contributed by atoms with Crippen LogP contribution in [0.4, 0.5) is 0 Å². The van der Waals surface area contributed by atoms with Crippen LogP contribution in [0, 0.1) is 0 Å². The molecule has 0 fully saturated rings. The second kappa shape index (κ2) is 5.49. The van der Waals surface area contributed by atoms with Crippen LogP contribution in [0.2, 0.25) is 0 Å². The molecule has 1 aromatic rings. The Kier molecular flexibility index (Phi) is 3.77. The van der Waals surface area contributed by atoms with E-state index in [-0.39, 0.29) is 0 Å². The van der Waals surface area contributed by atoms with Gasteiger partial charge in [-0.2, -0.15) is 0 Å². The summed E-state index contributed by atoms with van der Waals surface area (Å²) in [5.74, 6) is 0. The van der Waals surface area contributed by atoms with Gasteiger partial charge < -0.3 is 0 Å². The topological polar surface area (TPSA) is 0 Å². The molecule has 0 heteroatoms. The zero-order valence-electron chi connectivity index (χ0n) is 10.3. The van der Waals surface area contributed by atoms with E-state index in [0.29, 0.717) is 0 Å². The van der Waals surface area contributed by atoms with Crippen LogP contribution in [-0.4, -0.2) is 0 Å². The lowest BCUT2D eigenvalue weighted by Gasteiger charge is -2.17. The van der Waals surface area contributed by atoms with Gasteiger partial charge >= 0.3 is 0 Å². The van der Waals surface area contributed by atoms with Crippen LogP contribution in [0.5, 0.6) is 0 Å². The van der Waals surface area contributed by atoms with Crippen LogP contribution in [0.15, 0.2) is 72.4 Å². The van der Waals surface area contributed by atoms with Crippen molar-refractivity contribution in [2.75, 3.05) is 0 Å². The van der Waals surface area contributed by atoms with Gasteiger partial charge in [-0.15, -0.1) is 0 Å². The molecule has 0 nitrogen and oxygen atoms in total. The van der Waals surface area contributed by atoms with Gasteiger partial charge in [-0.1, -0.05) is 61.2 Å². The van der Waals surface area contributed by atoms with E-state index in [0.717, 1.165) is 12.8 Å². The molecule has 0 saturated heterocycles. The summed E-state index contributed by atoms with van der Waals surface area (Å²) in [5.41, 5.74) is 5.42. The molecule has 17 heavy (non-hydrogen) atoms. The number of rotatable bonds is 3. The molecule has 0 aliphatic heterocycles. The fourth-order valence-corrected chi connectivity index (χ4v) is 2.24. The second-order valence-corrected chi connectivity index (χ2v) is 4.28. The molecule has 0 radical (unpaired) electrons. The van der Waals surface area contributed by atoms with Crippen LogP contribution in [-0.2, 0) is 0 Å². The maximum absolute atomic E-state index is 3.78. The van der Waals surface area contributed by atoms with Crippen LogP contribution in [0.1, 0.15) is 25.3 Å². The maximum atomic E-state index is 3.78. The van der Waals surface area contributed by atoms with E-state index in [1.165, 1.54) is 22.3 Å². The average Bonchev–Trinajstić information content (AvgIpc) is 2.40. The summed E-state index contributed by atoms with van der Waals surface area (Å²) in [4.78, 5) is 0. The van der Waals surface area contributed by atoms with Crippen molar-refractivity contribution in [2.45, 2.75) is 19.8 Å². The number of hydrogen-bond donors (Lipinski definition) is 0. The zero-order chi connectivity index (χ0) is 12.1. The highest BCUT2D eigenvalue weighted by Gasteiger charge is 2.11. The molecule has 0 amide bonds. The van der Waals surface area contributed by atoms with Crippen molar-refractivity contribution in [1.29, 1.82) is 0 Å². The van der Waals surface area contributed by atoms with Crippen LogP contribution < -0.4 is 0 Å². The fraction of sp³-hybridized carbons (Fsp3) is 0.176. The van der Waals surface area contributed by atoms with Gasteiger partial charge in [0.1, 0.15) is 0 Å². The zero-order valence-corrected chi connectivity index (χ0v) is 10.3. The van der Waals surface area contributed by atoms with E-state index < -0.39 is 0 Å². The van der Waals surface area contributed by atoms with E-state index in [9.17, 15) is 0 Å². The molecular formula is C17H18. The maximum Gasteiger partial charge on any atom is -0.0152 e. The summed E-state index contributed by atoms with van der Waals surface area (Å²) in [7, 11) is 0. The third-order valence-electron chi connectivity index (χ3n) is 3.10. The molecule has 1 aliphatic carbocycles. The Morgan fingerprint density at radius 1 is 1.24 bits per heavy atom. The minimum Gasteiger partial charge on any atom is -0.0991 e. The average molecular weight is 222 g/mol. The molecular weight excluding hydrogens is 204 g/mol. The van der Waals surface area contributed by atoms with Crippen molar-refractivity contribution >= 4 is 5.57 Å². The molecule has 0 bridgehead atoms. The largest absolute Gasteiger partial charge is 0.0991 e. The minimum atomic E-state index is 1.12. The van der Waals surface area contributed by atoms with Gasteiger partial charge in [-0.3, -0.25) is 0 Å². The first-order valence-corrected chi connectivity index (χ1v) is 6.07. The molecule has 0 saturated carbocycles. The molecule has 0 heterocycles. The Morgan fingerprint density at radius 2 is 2.00 bits per heavy atom. The summed E-state index contributed by atoms with van der Waals surface area (Å²) in [5, 5.41) is 0. The SMILES string of the molecule is C=C/C=C(\C)C1=C(c2ccccc2)C=CCC1. The first-order valence-electron chi connectivity index (χ1n) is 6.07. The van der Waals surface area contributed by atoms with Crippen LogP contribution in [0.25, 0.3) is 5.57 Å². The van der Waals surface area contributed by atoms with Gasteiger partial charge in [0.25, 0.3) is 0 Å². The van der Waals surface area contributed by atoms with Gasteiger partial charge in [0.05, 0.1) is 0 Å². The molecule has 2 rings (SSSR count). The Balaban J connectivity index is 2.50. The first-order chi connectivity index (χ1) is 8.33. The molecule has 1 aliphatic rings. The number of allylic oxidation sites excluding steroid dienone is 7. The lowest BCUT2D eigenvalue weighted by atomic mass is 9.88. The summed E-state index contributed by atoms with van der Waals surface area (Å²) in [6.45, 7) is 5.94. The van der Waals surface area contributed by atoms with Crippen molar-refractivity contribution in [3.8, 4) is 0 Å². The fourth-order valence-electron chi connectivity index (χ4n) is 2.24. The van der Waals surface area contributed by atoms with E-state index in [1.54, 1.807) is 0 Å². The van der Waals surface area contributed by atoms with Crippen molar-refractivity contribution < 1.29 is 0 Å². The smallest absolute Gasteiger partial charge is 0.0152 e. The Hall–Kier alpha value is -1.82. The number of hydrogen-bond acceptors (Lipinski definition) is 0. The van der Waals surface area contributed by atoms with E-state index in [2.05, 4.69) is 62.1 Å². The molecule has 86 valence electrons. The van der Waals surface area contributed by atoms with Crippen LogP contribution in [0.3, 0.4) is 0 Å². The Bertz CT molecular complexity index is 484. The quantitative estimate of drug-likeness (QED) is 0.637. The highest BCUT2D eigenvalue weighted by Crippen LogP contribution is 2.31. The van der Waals surface area contributed by atoms with Crippen molar-refractivity contribution in [3.63, 3.8) is 0 Å². The molecule has 0 N–H and O–H groups in total. The third kappa shape index (κ3) is 2.65. The standard InChI is InChI=1S/C17H18/c1-3-9-14(2)16-12-7-8-13-17(16)15-10-5-4-6-11-15/h3-6,8-11,13H,1,7,12H2,2H3/b14-9+. The molecule has 1 aromatic carbocycles. The first kappa shape index (κ1) is 11.7. The highest BCUT2D eigenvalue weighted by atomic mass is 14.2. The van der Waals surface area contributed by atoms with Crippen molar-refractivity contribution in [3.05, 3.63) is 77.9 Å². The molecule has 0 unspecified atom stereocenters. The summed E-state index contributed by atoms with van der Waals surface area (Å²) < 4.78 is 0. The van der Waals surface area contributed by atoms with Gasteiger partial charge in [0.15, 0.2) is 0 Å². The Labute approximate surface area is 104 Å². The second-order valence-electron chi connectivity index (χ2n) is 4.28. The van der Waals surface area contributed by atoms with Gasteiger partial charge in [0.2, 0.25) is 0 Å². The summed E-state index contributed by atoms with van der Waals surface area (Å²) in [6.07, 6.45) is 10.7. The van der Waals surface area contributed by atoms with Crippen molar-refractivity contribution in [2.24, 2.45) is 0 Å². The normalized spacial score (nSPS) is 16.2. The van der Waals surface area contributed by atoms with Crippen LogP contribution >= 0.6 is 0 Å². The lowest BCUT2D eigenvalue weighted by Crippen LogP contribution is -1.96. The predicted octanol–water partition coefficient (Wildman–Crippen LogP) is 4.92. The van der Waals surface area contributed by atoms with E-state index >= 15 is 0 Å². The Morgan fingerprint density at radius 3 is 2.71 bits per heavy atom. The minimum absolute atomic E-state index is 1.12. The predicted molar refractivity (Wildman–Crippen MR) is 75.7 cm³/mol. The summed E-state index contributed by atoms with van der Waals surface area (Å²) in [6, 6.07) is 10.6. The van der Waals surface area contributed by atoms with E-state index in [4.69, 9.17) is 0 Å². The van der Waals surface area contributed by atoms with Crippen molar-refractivity contribution in [1.82, 2.24) is 0 Å². The molecule has 0 atom stereocenters. The summed E-state index contributed by atoms with van der Waals surface area (Å²) >= 11 is 0. The molecule has 0 aromatic heterocycles. The van der Waals surface area contributed by atoms with E-state index in [1.807, 2.05) is 6.08 Å². The monoisotopic (exact) mass is 222 g/mol. The lowest BCUT2D eigenvalue weighted by molar-refractivity contribution is 0.974. The number of benzene rings is 1.